The molecule has 3 aromatic rings. The number of rotatable bonds is 4. The first-order valence-corrected chi connectivity index (χ1v) is 16.6. The zero-order valence-electron chi connectivity index (χ0n) is 19.5. The average molecular weight is 566 g/mol. The van der Waals surface area contributed by atoms with Gasteiger partial charge in [0.2, 0.25) is 0 Å². The molecule has 5 rings (SSSR count). The third kappa shape index (κ3) is 3.71. The molecule has 3 aromatic carbocycles. The van der Waals surface area contributed by atoms with E-state index in [1.807, 2.05) is 0 Å². The van der Waals surface area contributed by atoms with Crippen LogP contribution in [0.3, 0.4) is 0 Å². The lowest BCUT2D eigenvalue weighted by atomic mass is 9.78. The van der Waals surface area contributed by atoms with Gasteiger partial charge in [-0.1, -0.05) is 106 Å². The Kier molecular flexibility index (Phi) is 5.67. The Morgan fingerprint density at radius 1 is 0.844 bits per heavy atom. The Hall–Kier alpha value is -1.42. The molecule has 0 saturated heterocycles. The Labute approximate surface area is 210 Å². The lowest BCUT2D eigenvalue weighted by Crippen LogP contribution is -2.39. The number of halogens is 2. The van der Waals surface area contributed by atoms with Gasteiger partial charge in [-0.3, -0.25) is 0 Å². The highest BCUT2D eigenvalue weighted by Crippen LogP contribution is 2.52. The lowest BCUT2D eigenvalue weighted by Gasteiger charge is -2.27. The van der Waals surface area contributed by atoms with Crippen LogP contribution in [0, 0.1) is 5.92 Å². The Morgan fingerprint density at radius 2 is 1.44 bits per heavy atom. The number of hydrogen-bond donors (Lipinski definition) is 0. The van der Waals surface area contributed by atoms with Gasteiger partial charge in [0.25, 0.3) is 0 Å². The summed E-state index contributed by atoms with van der Waals surface area (Å²) in [5.74, 6) is 1.48. The minimum Gasteiger partial charge on any atom is -0.0656 e. The number of benzene rings is 3. The van der Waals surface area contributed by atoms with Crippen molar-refractivity contribution in [2.45, 2.75) is 51.7 Å². The maximum atomic E-state index is 3.73. The molecule has 0 amide bonds. The molecule has 0 aromatic heterocycles. The van der Waals surface area contributed by atoms with E-state index in [1.165, 1.54) is 48.8 Å². The van der Waals surface area contributed by atoms with Crippen LogP contribution >= 0.6 is 31.9 Å². The van der Waals surface area contributed by atoms with Crippen molar-refractivity contribution in [2.75, 3.05) is 0 Å². The van der Waals surface area contributed by atoms with Crippen LogP contribution in [0.1, 0.15) is 54.4 Å². The maximum absolute atomic E-state index is 3.73. The molecule has 0 bridgehead atoms. The number of fused-ring (bicyclic) bond motifs is 4. The molecule has 3 heteroatoms. The van der Waals surface area contributed by atoms with E-state index in [0.29, 0.717) is 17.8 Å². The summed E-state index contributed by atoms with van der Waals surface area (Å²) in [6.07, 6.45) is 3.66. The minimum atomic E-state index is -1.38. The zero-order valence-corrected chi connectivity index (χ0v) is 23.6. The van der Waals surface area contributed by atoms with Gasteiger partial charge in [-0.15, -0.1) is 0 Å². The van der Waals surface area contributed by atoms with Gasteiger partial charge in [0, 0.05) is 20.8 Å². The van der Waals surface area contributed by atoms with Crippen molar-refractivity contribution in [3.05, 3.63) is 91.4 Å². The second-order valence-electron chi connectivity index (χ2n) is 10.7. The molecule has 0 fully saturated rings. The van der Waals surface area contributed by atoms with E-state index in [2.05, 4.69) is 126 Å². The molecular weight excluding hydrogens is 536 g/mol. The third-order valence-electron chi connectivity index (χ3n) is 7.41. The van der Waals surface area contributed by atoms with Gasteiger partial charge in [0.05, 0.1) is 8.07 Å². The van der Waals surface area contributed by atoms with Crippen LogP contribution in [0.15, 0.2) is 69.1 Å². The van der Waals surface area contributed by atoms with Gasteiger partial charge < -0.3 is 0 Å². The molecule has 0 saturated carbocycles. The first-order chi connectivity index (χ1) is 15.1. The molecule has 32 heavy (non-hydrogen) atoms. The summed E-state index contributed by atoms with van der Waals surface area (Å²) < 4.78 is 2.34. The highest BCUT2D eigenvalue weighted by molar-refractivity contribution is 9.10. The van der Waals surface area contributed by atoms with Crippen molar-refractivity contribution in [1.82, 2.24) is 0 Å². The summed E-state index contributed by atoms with van der Waals surface area (Å²) in [6, 6.07) is 20.7. The average Bonchev–Trinajstić information content (AvgIpc) is 3.20. The normalized spacial score (nSPS) is 18.2. The molecule has 2 aliphatic rings. The molecule has 2 unspecified atom stereocenters. The van der Waals surface area contributed by atoms with Crippen molar-refractivity contribution < 1.29 is 0 Å². The van der Waals surface area contributed by atoms with E-state index in [9.17, 15) is 0 Å². The largest absolute Gasteiger partial charge is 0.0783 e. The van der Waals surface area contributed by atoms with E-state index in [-0.39, 0.29) is 0 Å². The predicted octanol–water partition coefficient (Wildman–Crippen LogP) is 9.10. The van der Waals surface area contributed by atoms with Gasteiger partial charge in [-0.2, -0.15) is 0 Å². The maximum Gasteiger partial charge on any atom is 0.0783 e. The van der Waals surface area contributed by atoms with Gasteiger partial charge in [0.15, 0.2) is 0 Å². The van der Waals surface area contributed by atoms with E-state index < -0.39 is 8.07 Å². The van der Waals surface area contributed by atoms with E-state index >= 15 is 0 Å². The van der Waals surface area contributed by atoms with Crippen LogP contribution in [0.25, 0.3) is 17.2 Å². The predicted molar refractivity (Wildman–Crippen MR) is 149 cm³/mol. The van der Waals surface area contributed by atoms with Crippen molar-refractivity contribution in [3.63, 3.8) is 0 Å². The Bertz CT molecular complexity index is 1200. The second kappa shape index (κ2) is 8.11. The summed E-state index contributed by atoms with van der Waals surface area (Å²) >= 11 is 7.46. The fourth-order valence-corrected chi connectivity index (χ4v) is 8.33. The fourth-order valence-electron chi connectivity index (χ4n) is 5.95. The zero-order chi connectivity index (χ0) is 22.8. The van der Waals surface area contributed by atoms with Gasteiger partial charge in [-0.25, -0.2) is 0 Å². The van der Waals surface area contributed by atoms with Crippen LogP contribution in [0.4, 0.5) is 0 Å². The van der Waals surface area contributed by atoms with Crippen LogP contribution in [0.5, 0.6) is 0 Å². The first kappa shape index (κ1) is 22.4. The molecule has 0 aliphatic heterocycles. The SMILES string of the molecule is CC1=Cc2c(cccc2[Si](C)(C)C)C1CC(C)C1c2cc(Br)ccc2-c2ccc(Br)cc21. The Balaban J connectivity index is 1.54. The standard InChI is InChI=1S/C29H30Br2Si/c1-17-13-25-21(7-6-8-28(25)32(3,4)5)24(17)14-18(2)29-26-15-19(30)9-11-22(26)23-12-10-20(31)16-27(23)29/h6-13,15-16,18,24,29H,14H2,1-5H3. The summed E-state index contributed by atoms with van der Waals surface area (Å²) in [5.41, 5.74) is 10.3. The third-order valence-corrected chi connectivity index (χ3v) is 10.4. The van der Waals surface area contributed by atoms with E-state index in [0.717, 1.165) is 0 Å². The van der Waals surface area contributed by atoms with Gasteiger partial charge >= 0.3 is 0 Å². The highest BCUT2D eigenvalue weighted by atomic mass is 79.9. The van der Waals surface area contributed by atoms with Crippen LogP contribution in [0.2, 0.25) is 19.6 Å². The smallest absolute Gasteiger partial charge is 0.0656 e. The lowest BCUT2D eigenvalue weighted by molar-refractivity contribution is 0.453. The number of hydrogen-bond acceptors (Lipinski definition) is 0. The number of allylic oxidation sites excluding steroid dienone is 1. The minimum absolute atomic E-state index is 0.423. The first-order valence-electron chi connectivity index (χ1n) is 11.6. The molecule has 0 spiro atoms. The molecule has 2 aliphatic carbocycles. The summed E-state index contributed by atoms with van der Waals surface area (Å²) in [5, 5.41) is 1.61. The second-order valence-corrected chi connectivity index (χ2v) is 17.5. The Morgan fingerprint density at radius 3 is 2.00 bits per heavy atom. The van der Waals surface area contributed by atoms with Gasteiger partial charge in [-0.05, 0) is 76.9 Å². The molecule has 2 atom stereocenters. The van der Waals surface area contributed by atoms with E-state index in [4.69, 9.17) is 0 Å². The molecule has 0 N–H and O–H groups in total. The topological polar surface area (TPSA) is 0 Å². The van der Waals surface area contributed by atoms with Crippen LogP contribution in [-0.2, 0) is 0 Å². The van der Waals surface area contributed by atoms with Crippen LogP contribution in [-0.4, -0.2) is 8.07 Å². The monoisotopic (exact) mass is 564 g/mol. The van der Waals surface area contributed by atoms with Gasteiger partial charge in [0.1, 0.15) is 0 Å². The molecular formula is C29H30Br2Si. The molecule has 0 nitrogen and oxygen atoms in total. The highest BCUT2D eigenvalue weighted by Gasteiger charge is 2.36. The van der Waals surface area contributed by atoms with Crippen molar-refractivity contribution in [2.24, 2.45) is 5.92 Å². The quantitative estimate of drug-likeness (QED) is 0.277. The van der Waals surface area contributed by atoms with Crippen molar-refractivity contribution in [1.29, 1.82) is 0 Å². The van der Waals surface area contributed by atoms with Crippen LogP contribution < -0.4 is 5.19 Å². The van der Waals surface area contributed by atoms with Crippen molar-refractivity contribution >= 4 is 51.2 Å². The summed E-state index contributed by atoms with van der Waals surface area (Å²) in [6.45, 7) is 12.2. The van der Waals surface area contributed by atoms with E-state index in [1.54, 1.807) is 10.8 Å². The molecule has 0 radical (unpaired) electrons. The fraction of sp³-hybridized carbons (Fsp3) is 0.310. The molecule has 164 valence electrons. The summed E-state index contributed by atoms with van der Waals surface area (Å²) in [7, 11) is -1.38. The summed E-state index contributed by atoms with van der Waals surface area (Å²) in [4.78, 5) is 0. The molecule has 0 heterocycles. The van der Waals surface area contributed by atoms with Crippen molar-refractivity contribution in [3.8, 4) is 11.1 Å².